The highest BCUT2D eigenvalue weighted by molar-refractivity contribution is 6.01. The molecule has 0 saturated heterocycles. The Morgan fingerprint density at radius 2 is 1.75 bits per heavy atom. The molecular formula is C19H30N2O3. The molecular weight excluding hydrogens is 304 g/mol. The highest BCUT2D eigenvalue weighted by Crippen LogP contribution is 2.24. The van der Waals surface area contributed by atoms with Gasteiger partial charge in [0.1, 0.15) is 5.69 Å². The zero-order valence-corrected chi connectivity index (χ0v) is 15.4. The molecule has 24 heavy (non-hydrogen) atoms. The number of nitrogens with zero attached hydrogens (tertiary/aromatic N) is 1. The van der Waals surface area contributed by atoms with E-state index in [1.165, 1.54) is 25.7 Å². The first-order valence-electron chi connectivity index (χ1n) is 9.18. The van der Waals surface area contributed by atoms with E-state index in [2.05, 4.69) is 5.32 Å². The van der Waals surface area contributed by atoms with Crippen LogP contribution in [0.25, 0.3) is 0 Å². The van der Waals surface area contributed by atoms with Crippen molar-refractivity contribution >= 4 is 11.9 Å². The molecule has 1 fully saturated rings. The van der Waals surface area contributed by atoms with Gasteiger partial charge < -0.3 is 14.6 Å². The number of esters is 1. The van der Waals surface area contributed by atoms with Gasteiger partial charge in [-0.1, -0.05) is 25.7 Å². The van der Waals surface area contributed by atoms with Crippen molar-refractivity contribution in [1.82, 2.24) is 9.88 Å². The molecule has 1 aliphatic carbocycles. The number of rotatable bonds is 5. The van der Waals surface area contributed by atoms with E-state index in [-0.39, 0.29) is 17.9 Å². The lowest BCUT2D eigenvalue weighted by atomic mass is 10.1. The van der Waals surface area contributed by atoms with Crippen LogP contribution in [0.4, 0.5) is 0 Å². The summed E-state index contributed by atoms with van der Waals surface area (Å²) in [5, 5.41) is 3.19. The predicted molar refractivity (Wildman–Crippen MR) is 94.5 cm³/mol. The summed E-state index contributed by atoms with van der Waals surface area (Å²) < 4.78 is 7.06. The minimum absolute atomic E-state index is 0.0605. The average molecular weight is 334 g/mol. The summed E-state index contributed by atoms with van der Waals surface area (Å²) in [5.74, 6) is -0.414. The van der Waals surface area contributed by atoms with Gasteiger partial charge in [-0.15, -0.1) is 0 Å². The van der Waals surface area contributed by atoms with Gasteiger partial charge in [0.2, 0.25) is 0 Å². The smallest absolute Gasteiger partial charge is 0.355 e. The minimum atomic E-state index is -0.353. The molecule has 0 unspecified atom stereocenters. The van der Waals surface area contributed by atoms with Crippen LogP contribution in [-0.4, -0.2) is 29.1 Å². The van der Waals surface area contributed by atoms with Gasteiger partial charge in [-0.05, 0) is 46.1 Å². The molecule has 5 heteroatoms. The van der Waals surface area contributed by atoms with Gasteiger partial charge in [0.15, 0.2) is 0 Å². The van der Waals surface area contributed by atoms with Gasteiger partial charge in [-0.2, -0.15) is 0 Å². The Morgan fingerprint density at radius 3 is 2.29 bits per heavy atom. The first-order chi connectivity index (χ1) is 11.5. The topological polar surface area (TPSA) is 60.3 Å². The molecule has 1 aromatic rings. The Hall–Kier alpha value is -1.78. The van der Waals surface area contributed by atoms with Gasteiger partial charge in [0, 0.05) is 18.3 Å². The Kier molecular flexibility index (Phi) is 6.46. The fraction of sp³-hybridized carbons (Fsp3) is 0.684. The monoisotopic (exact) mass is 334 g/mol. The van der Waals surface area contributed by atoms with Crippen LogP contribution in [0.2, 0.25) is 0 Å². The molecule has 1 aliphatic rings. The maximum atomic E-state index is 12.9. The Bertz CT molecular complexity index is 596. The number of ether oxygens (including phenoxy) is 1. The number of carbonyl (C=O) groups excluding carboxylic acids is 2. The van der Waals surface area contributed by atoms with E-state index in [4.69, 9.17) is 4.74 Å². The Labute approximate surface area is 144 Å². The van der Waals surface area contributed by atoms with Crippen LogP contribution in [0.15, 0.2) is 0 Å². The minimum Gasteiger partial charge on any atom is -0.461 e. The third kappa shape index (κ3) is 3.82. The van der Waals surface area contributed by atoms with Crippen LogP contribution in [0.1, 0.15) is 84.5 Å². The standard InChI is InChI=1S/C19H30N2O3/c1-5-21-14(4)16(13(3)17(21)19(23)24-6-2)18(22)20-15-11-9-7-8-10-12-15/h15H,5-12H2,1-4H3,(H,20,22). The number of aromatic nitrogens is 1. The highest BCUT2D eigenvalue weighted by atomic mass is 16.5. The summed E-state index contributed by atoms with van der Waals surface area (Å²) in [6.07, 6.45) is 6.94. The van der Waals surface area contributed by atoms with Crippen molar-refractivity contribution in [2.75, 3.05) is 6.61 Å². The maximum absolute atomic E-state index is 12.9. The Balaban J connectivity index is 2.28. The predicted octanol–water partition coefficient (Wildman–Crippen LogP) is 3.75. The van der Waals surface area contributed by atoms with Crippen molar-refractivity contribution in [3.8, 4) is 0 Å². The molecule has 1 N–H and O–H groups in total. The van der Waals surface area contributed by atoms with Gasteiger partial charge >= 0.3 is 5.97 Å². The lowest BCUT2D eigenvalue weighted by molar-refractivity contribution is 0.0512. The van der Waals surface area contributed by atoms with Crippen LogP contribution in [0.5, 0.6) is 0 Å². The molecule has 1 saturated carbocycles. The molecule has 5 nitrogen and oxygen atoms in total. The van der Waals surface area contributed by atoms with Crippen LogP contribution in [-0.2, 0) is 11.3 Å². The van der Waals surface area contributed by atoms with E-state index in [9.17, 15) is 9.59 Å². The molecule has 0 radical (unpaired) electrons. The summed E-state index contributed by atoms with van der Waals surface area (Å²) >= 11 is 0. The quantitative estimate of drug-likeness (QED) is 0.659. The summed E-state index contributed by atoms with van der Waals surface area (Å²) in [6.45, 7) is 8.48. The summed E-state index contributed by atoms with van der Waals surface area (Å²) in [6, 6.07) is 0.245. The lowest BCUT2D eigenvalue weighted by Crippen LogP contribution is -2.35. The number of amides is 1. The van der Waals surface area contributed by atoms with E-state index < -0.39 is 0 Å². The van der Waals surface area contributed by atoms with Crippen molar-refractivity contribution in [3.63, 3.8) is 0 Å². The highest BCUT2D eigenvalue weighted by Gasteiger charge is 2.27. The van der Waals surface area contributed by atoms with Gasteiger partial charge in [0.05, 0.1) is 12.2 Å². The van der Waals surface area contributed by atoms with Crippen LogP contribution < -0.4 is 5.32 Å². The van der Waals surface area contributed by atoms with Gasteiger partial charge in [-0.3, -0.25) is 4.79 Å². The van der Waals surface area contributed by atoms with Crippen LogP contribution in [0.3, 0.4) is 0 Å². The van der Waals surface area contributed by atoms with E-state index in [0.29, 0.717) is 24.4 Å². The second-order valence-corrected chi connectivity index (χ2v) is 6.56. The maximum Gasteiger partial charge on any atom is 0.355 e. The van der Waals surface area contributed by atoms with Crippen molar-refractivity contribution in [1.29, 1.82) is 0 Å². The van der Waals surface area contributed by atoms with Gasteiger partial charge in [-0.25, -0.2) is 4.79 Å². The SMILES string of the molecule is CCOC(=O)c1c(C)c(C(=O)NC2CCCCCC2)c(C)n1CC. The summed E-state index contributed by atoms with van der Waals surface area (Å²) in [7, 11) is 0. The second kappa shape index (κ2) is 8.36. The molecule has 134 valence electrons. The Morgan fingerprint density at radius 1 is 1.12 bits per heavy atom. The third-order valence-electron chi connectivity index (χ3n) is 4.97. The van der Waals surface area contributed by atoms with Crippen molar-refractivity contribution in [3.05, 3.63) is 22.5 Å². The summed E-state index contributed by atoms with van der Waals surface area (Å²) in [5.41, 5.74) is 2.69. The fourth-order valence-corrected chi connectivity index (χ4v) is 3.77. The molecule has 0 aromatic carbocycles. The number of carbonyl (C=O) groups is 2. The second-order valence-electron chi connectivity index (χ2n) is 6.56. The van der Waals surface area contributed by atoms with Crippen LogP contribution >= 0.6 is 0 Å². The van der Waals surface area contributed by atoms with E-state index in [0.717, 1.165) is 24.1 Å². The molecule has 0 aliphatic heterocycles. The van der Waals surface area contributed by atoms with E-state index in [1.807, 2.05) is 25.3 Å². The first kappa shape index (κ1) is 18.6. The molecule has 2 rings (SSSR count). The number of nitrogens with one attached hydrogen (secondary N) is 1. The molecule has 1 amide bonds. The molecule has 0 atom stereocenters. The first-order valence-corrected chi connectivity index (χ1v) is 9.18. The zero-order chi connectivity index (χ0) is 17.7. The third-order valence-corrected chi connectivity index (χ3v) is 4.97. The zero-order valence-electron chi connectivity index (χ0n) is 15.4. The lowest BCUT2D eigenvalue weighted by Gasteiger charge is -2.16. The fourth-order valence-electron chi connectivity index (χ4n) is 3.77. The summed E-state index contributed by atoms with van der Waals surface area (Å²) in [4.78, 5) is 25.1. The van der Waals surface area contributed by atoms with Crippen molar-refractivity contribution in [2.24, 2.45) is 0 Å². The van der Waals surface area contributed by atoms with Gasteiger partial charge in [0.25, 0.3) is 5.91 Å². The van der Waals surface area contributed by atoms with Crippen molar-refractivity contribution in [2.45, 2.75) is 78.8 Å². The average Bonchev–Trinajstić information content (AvgIpc) is 2.70. The largest absolute Gasteiger partial charge is 0.461 e. The normalized spacial score (nSPS) is 15.8. The van der Waals surface area contributed by atoms with Crippen molar-refractivity contribution < 1.29 is 14.3 Å². The number of hydrogen-bond donors (Lipinski definition) is 1. The number of hydrogen-bond acceptors (Lipinski definition) is 3. The molecule has 1 heterocycles. The molecule has 1 aromatic heterocycles. The van der Waals surface area contributed by atoms with E-state index in [1.54, 1.807) is 6.92 Å². The molecule has 0 bridgehead atoms. The van der Waals surface area contributed by atoms with Crippen LogP contribution in [0, 0.1) is 13.8 Å². The molecule has 0 spiro atoms. The van der Waals surface area contributed by atoms with E-state index >= 15 is 0 Å².